The van der Waals surface area contributed by atoms with Gasteiger partial charge in [-0.3, -0.25) is 4.98 Å². The van der Waals surface area contributed by atoms with Gasteiger partial charge in [-0.2, -0.15) is 0 Å². The van der Waals surface area contributed by atoms with Crippen LogP contribution >= 0.6 is 0 Å². The second kappa shape index (κ2) is 8.31. The van der Waals surface area contributed by atoms with Crippen molar-refractivity contribution in [2.45, 2.75) is 44.1 Å². The van der Waals surface area contributed by atoms with E-state index >= 15 is 0 Å². The lowest BCUT2D eigenvalue weighted by atomic mass is 9.72. The monoisotopic (exact) mass is 379 g/mol. The van der Waals surface area contributed by atoms with Gasteiger partial charge in [0.25, 0.3) is 0 Å². The molecular formula is C23H29N3O2. The summed E-state index contributed by atoms with van der Waals surface area (Å²) in [5.74, 6) is 0. The van der Waals surface area contributed by atoms with E-state index in [1.165, 1.54) is 16.7 Å². The van der Waals surface area contributed by atoms with Gasteiger partial charge in [0.2, 0.25) is 0 Å². The van der Waals surface area contributed by atoms with E-state index in [2.05, 4.69) is 41.5 Å². The number of hydrogen-bond donors (Lipinski definition) is 1. The Morgan fingerprint density at radius 1 is 1.21 bits per heavy atom. The zero-order chi connectivity index (χ0) is 19.4. The third kappa shape index (κ3) is 3.76. The van der Waals surface area contributed by atoms with Crippen LogP contribution in [0.1, 0.15) is 48.4 Å². The summed E-state index contributed by atoms with van der Waals surface area (Å²) in [6, 6.07) is 12.8. The quantitative estimate of drug-likeness (QED) is 0.874. The van der Waals surface area contributed by atoms with Gasteiger partial charge in [-0.1, -0.05) is 24.3 Å². The van der Waals surface area contributed by atoms with Crippen LogP contribution in [0.2, 0.25) is 0 Å². The minimum atomic E-state index is -0.0505. The van der Waals surface area contributed by atoms with E-state index in [0.29, 0.717) is 6.54 Å². The van der Waals surface area contributed by atoms with Gasteiger partial charge in [0, 0.05) is 44.1 Å². The van der Waals surface area contributed by atoms with Crippen molar-refractivity contribution in [2.24, 2.45) is 0 Å². The number of benzene rings is 1. The number of carbonyl (C=O) groups is 1. The van der Waals surface area contributed by atoms with Gasteiger partial charge < -0.3 is 15.0 Å². The van der Waals surface area contributed by atoms with E-state index in [9.17, 15) is 4.79 Å². The number of urea groups is 1. The standard InChI is InChI=1S/C23H29N3O2/c1-18-5-2-3-6-20(18)23(10-15-28-16-11-23)17-25-22(27)26-14-4-7-21(26)19-8-12-24-13-9-19/h2-3,5-6,8-9,12-13,21H,4,7,10-11,14-17H2,1H3,(H,25,27)/t21-/m1/s1. The van der Waals surface area contributed by atoms with Crippen LogP contribution in [0.5, 0.6) is 0 Å². The molecule has 5 heteroatoms. The lowest BCUT2D eigenvalue weighted by Crippen LogP contribution is -2.48. The molecule has 2 aliphatic heterocycles. The van der Waals surface area contributed by atoms with Crippen LogP contribution < -0.4 is 5.32 Å². The van der Waals surface area contributed by atoms with Crippen molar-refractivity contribution < 1.29 is 9.53 Å². The number of nitrogens with zero attached hydrogens (tertiary/aromatic N) is 2. The summed E-state index contributed by atoms with van der Waals surface area (Å²) in [7, 11) is 0. The highest BCUT2D eigenvalue weighted by Gasteiger charge is 2.37. The first-order valence-corrected chi connectivity index (χ1v) is 10.3. The second-order valence-corrected chi connectivity index (χ2v) is 8.00. The van der Waals surface area contributed by atoms with E-state index in [0.717, 1.165) is 45.4 Å². The third-order valence-corrected chi connectivity index (χ3v) is 6.35. The average Bonchev–Trinajstić information content (AvgIpc) is 3.24. The number of amides is 2. The van der Waals surface area contributed by atoms with Crippen LogP contribution in [0.25, 0.3) is 0 Å². The van der Waals surface area contributed by atoms with Crippen LogP contribution in [0, 0.1) is 6.92 Å². The third-order valence-electron chi connectivity index (χ3n) is 6.35. The Morgan fingerprint density at radius 3 is 2.71 bits per heavy atom. The number of aryl methyl sites for hydroxylation is 1. The molecule has 0 unspecified atom stereocenters. The first-order chi connectivity index (χ1) is 13.7. The van der Waals surface area contributed by atoms with Gasteiger partial charge in [-0.05, 0) is 61.4 Å². The van der Waals surface area contributed by atoms with E-state index in [1.807, 2.05) is 17.0 Å². The molecule has 1 N–H and O–H groups in total. The Labute approximate surface area is 167 Å². The first kappa shape index (κ1) is 18.9. The zero-order valence-electron chi connectivity index (χ0n) is 16.6. The smallest absolute Gasteiger partial charge is 0.317 e. The van der Waals surface area contributed by atoms with Crippen molar-refractivity contribution >= 4 is 6.03 Å². The molecule has 4 rings (SSSR count). The van der Waals surface area contributed by atoms with E-state index in [4.69, 9.17) is 4.74 Å². The van der Waals surface area contributed by atoms with Crippen LogP contribution in [-0.2, 0) is 10.2 Å². The van der Waals surface area contributed by atoms with Crippen molar-refractivity contribution in [3.8, 4) is 0 Å². The Kier molecular flexibility index (Phi) is 5.62. The summed E-state index contributed by atoms with van der Waals surface area (Å²) < 4.78 is 5.64. The number of hydrogen-bond acceptors (Lipinski definition) is 3. The minimum Gasteiger partial charge on any atom is -0.381 e. The van der Waals surface area contributed by atoms with Crippen LogP contribution in [-0.4, -0.2) is 42.2 Å². The number of pyridine rings is 1. The first-order valence-electron chi connectivity index (χ1n) is 10.3. The molecule has 2 aliphatic rings. The number of carbonyl (C=O) groups excluding carboxylic acids is 1. The van der Waals surface area contributed by atoms with Crippen molar-refractivity contribution in [1.29, 1.82) is 0 Å². The predicted octanol–water partition coefficient (Wildman–Crippen LogP) is 3.98. The van der Waals surface area contributed by atoms with Gasteiger partial charge in [0.05, 0.1) is 6.04 Å². The Hall–Kier alpha value is -2.40. The average molecular weight is 380 g/mol. The lowest BCUT2D eigenvalue weighted by Gasteiger charge is -2.39. The fourth-order valence-corrected chi connectivity index (χ4v) is 4.76. The zero-order valence-corrected chi connectivity index (χ0v) is 16.6. The number of rotatable bonds is 4. The fourth-order valence-electron chi connectivity index (χ4n) is 4.76. The molecular weight excluding hydrogens is 350 g/mol. The van der Waals surface area contributed by atoms with Gasteiger partial charge in [-0.15, -0.1) is 0 Å². The maximum atomic E-state index is 13.1. The SMILES string of the molecule is Cc1ccccc1C1(CNC(=O)N2CCC[C@@H]2c2ccncc2)CCOCC1. The highest BCUT2D eigenvalue weighted by molar-refractivity contribution is 5.75. The molecule has 1 aromatic heterocycles. The molecule has 148 valence electrons. The minimum absolute atomic E-state index is 0.0405. The lowest BCUT2D eigenvalue weighted by molar-refractivity contribution is 0.0498. The Bertz CT molecular complexity index is 803. The fraction of sp³-hybridized carbons (Fsp3) is 0.478. The molecule has 2 saturated heterocycles. The molecule has 3 heterocycles. The summed E-state index contributed by atoms with van der Waals surface area (Å²) >= 11 is 0. The molecule has 1 aromatic carbocycles. The second-order valence-electron chi connectivity index (χ2n) is 8.00. The molecule has 0 saturated carbocycles. The van der Waals surface area contributed by atoms with E-state index < -0.39 is 0 Å². The van der Waals surface area contributed by atoms with Gasteiger partial charge in [0.1, 0.15) is 0 Å². The van der Waals surface area contributed by atoms with Crippen molar-refractivity contribution in [1.82, 2.24) is 15.2 Å². The number of likely N-dealkylation sites (tertiary alicyclic amines) is 1. The molecule has 0 radical (unpaired) electrons. The number of aromatic nitrogens is 1. The normalized spacial score (nSPS) is 21.5. The van der Waals surface area contributed by atoms with Crippen molar-refractivity contribution in [3.05, 3.63) is 65.5 Å². The summed E-state index contributed by atoms with van der Waals surface area (Å²) in [5, 5.41) is 3.28. The maximum absolute atomic E-state index is 13.1. The van der Waals surface area contributed by atoms with Crippen LogP contribution in [0.4, 0.5) is 4.79 Å². The largest absolute Gasteiger partial charge is 0.381 e. The van der Waals surface area contributed by atoms with Crippen molar-refractivity contribution in [2.75, 3.05) is 26.3 Å². The van der Waals surface area contributed by atoms with Gasteiger partial charge in [0.15, 0.2) is 0 Å². The highest BCUT2D eigenvalue weighted by Crippen LogP contribution is 2.37. The summed E-state index contributed by atoms with van der Waals surface area (Å²) in [4.78, 5) is 19.2. The molecule has 1 atom stereocenters. The van der Waals surface area contributed by atoms with Gasteiger partial charge in [-0.25, -0.2) is 4.79 Å². The molecule has 5 nitrogen and oxygen atoms in total. The topological polar surface area (TPSA) is 54.5 Å². The molecule has 0 spiro atoms. The molecule has 28 heavy (non-hydrogen) atoms. The van der Waals surface area contributed by atoms with Crippen molar-refractivity contribution in [3.63, 3.8) is 0 Å². The molecule has 2 fully saturated rings. The van der Waals surface area contributed by atoms with Gasteiger partial charge >= 0.3 is 6.03 Å². The number of nitrogens with one attached hydrogen (secondary N) is 1. The molecule has 0 bridgehead atoms. The summed E-state index contributed by atoms with van der Waals surface area (Å²) in [6.45, 7) is 5.11. The molecule has 2 amide bonds. The summed E-state index contributed by atoms with van der Waals surface area (Å²) in [6.07, 6.45) is 7.53. The Morgan fingerprint density at radius 2 is 1.96 bits per heavy atom. The Balaban J connectivity index is 1.50. The molecule has 2 aromatic rings. The maximum Gasteiger partial charge on any atom is 0.317 e. The molecule has 0 aliphatic carbocycles. The predicted molar refractivity (Wildman–Crippen MR) is 109 cm³/mol. The number of ether oxygens (including phenoxy) is 1. The van der Waals surface area contributed by atoms with E-state index in [-0.39, 0.29) is 17.5 Å². The highest BCUT2D eigenvalue weighted by atomic mass is 16.5. The van der Waals surface area contributed by atoms with E-state index in [1.54, 1.807) is 12.4 Å². The van der Waals surface area contributed by atoms with Crippen LogP contribution in [0.15, 0.2) is 48.8 Å². The summed E-state index contributed by atoms with van der Waals surface area (Å²) in [5.41, 5.74) is 3.74. The van der Waals surface area contributed by atoms with Crippen LogP contribution in [0.3, 0.4) is 0 Å².